The zero-order valence-corrected chi connectivity index (χ0v) is 17.5. The summed E-state index contributed by atoms with van der Waals surface area (Å²) in [4.78, 5) is 16.6. The molecule has 2 aromatic heterocycles. The molecule has 2 N–H and O–H groups in total. The van der Waals surface area contributed by atoms with E-state index in [1.54, 1.807) is 33.6 Å². The molecule has 1 unspecified atom stereocenters. The van der Waals surface area contributed by atoms with E-state index in [0.29, 0.717) is 16.9 Å². The molecule has 0 bridgehead atoms. The number of nitrogens with zero attached hydrogens (tertiary/aromatic N) is 4. The molecule has 4 aromatic rings. The number of rotatable bonds is 4. The second-order valence-corrected chi connectivity index (χ2v) is 7.78. The first-order chi connectivity index (χ1) is 15.8. The Labute approximate surface area is 186 Å². The molecule has 1 aliphatic heterocycles. The molecule has 168 valence electrons. The van der Waals surface area contributed by atoms with Crippen molar-refractivity contribution in [3.63, 3.8) is 0 Å². The van der Waals surface area contributed by atoms with E-state index >= 15 is 0 Å². The Morgan fingerprint density at radius 3 is 2.58 bits per heavy atom. The maximum absolute atomic E-state index is 13.7. The van der Waals surface area contributed by atoms with E-state index in [9.17, 15) is 18.0 Å². The third-order valence-corrected chi connectivity index (χ3v) is 5.66. The average molecular weight is 452 g/mol. The van der Waals surface area contributed by atoms with E-state index in [1.165, 1.54) is 18.6 Å². The number of imidazole rings is 1. The summed E-state index contributed by atoms with van der Waals surface area (Å²) in [6.45, 7) is -0.0247. The third kappa shape index (κ3) is 3.84. The van der Waals surface area contributed by atoms with E-state index in [1.807, 2.05) is 25.4 Å². The highest BCUT2D eigenvalue weighted by atomic mass is 19.4. The van der Waals surface area contributed by atoms with Gasteiger partial charge in [0.1, 0.15) is 0 Å². The number of aryl methyl sites for hydroxylation is 1. The van der Waals surface area contributed by atoms with Gasteiger partial charge in [-0.05, 0) is 29.3 Å². The number of alkyl halides is 3. The van der Waals surface area contributed by atoms with Crippen molar-refractivity contribution < 1.29 is 18.0 Å². The van der Waals surface area contributed by atoms with Crippen LogP contribution in [0.3, 0.4) is 0 Å². The zero-order valence-electron chi connectivity index (χ0n) is 17.5. The van der Waals surface area contributed by atoms with Crippen molar-refractivity contribution in [3.05, 3.63) is 78.5 Å². The first-order valence-electron chi connectivity index (χ1n) is 10.2. The van der Waals surface area contributed by atoms with Crippen molar-refractivity contribution in [1.29, 1.82) is 0 Å². The Bertz CT molecular complexity index is 1320. The minimum atomic E-state index is -4.50. The van der Waals surface area contributed by atoms with Crippen molar-refractivity contribution in [2.75, 3.05) is 11.9 Å². The van der Waals surface area contributed by atoms with Crippen LogP contribution in [0.1, 0.15) is 17.2 Å². The first-order valence-corrected chi connectivity index (χ1v) is 10.2. The summed E-state index contributed by atoms with van der Waals surface area (Å²) in [5.41, 5.74) is 2.96. The molecule has 0 saturated carbocycles. The molecule has 2 aromatic carbocycles. The lowest BCUT2D eigenvalue weighted by Crippen LogP contribution is -2.34. The highest BCUT2D eigenvalue weighted by Gasteiger charge is 2.40. The van der Waals surface area contributed by atoms with Gasteiger partial charge >= 0.3 is 12.2 Å². The minimum absolute atomic E-state index is 0.0247. The Morgan fingerprint density at radius 2 is 1.88 bits per heavy atom. The monoisotopic (exact) mass is 452 g/mol. The van der Waals surface area contributed by atoms with Crippen LogP contribution < -0.4 is 10.6 Å². The maximum Gasteiger partial charge on any atom is 0.416 e. The highest BCUT2D eigenvalue weighted by molar-refractivity contribution is 5.89. The topological polar surface area (TPSA) is 76.8 Å². The predicted molar refractivity (Wildman–Crippen MR) is 116 cm³/mol. The molecular formula is C23H19F3N6O. The second kappa shape index (κ2) is 7.80. The molecule has 0 fully saturated rings. The van der Waals surface area contributed by atoms with E-state index in [2.05, 4.69) is 20.7 Å². The molecule has 0 spiro atoms. The Morgan fingerprint density at radius 1 is 1.09 bits per heavy atom. The molecule has 0 aliphatic carbocycles. The molecule has 10 heteroatoms. The number of amides is 2. The summed E-state index contributed by atoms with van der Waals surface area (Å²) >= 11 is 0. The van der Waals surface area contributed by atoms with Gasteiger partial charge in [-0.3, -0.25) is 4.68 Å². The molecule has 1 aliphatic rings. The van der Waals surface area contributed by atoms with Crippen LogP contribution in [-0.2, 0) is 13.2 Å². The van der Waals surface area contributed by atoms with Crippen molar-refractivity contribution in [3.8, 4) is 22.4 Å². The Balaban J connectivity index is 1.31. The Hall–Kier alpha value is -4.08. The molecule has 0 radical (unpaired) electrons. The summed E-state index contributed by atoms with van der Waals surface area (Å²) < 4.78 is 44.3. The van der Waals surface area contributed by atoms with Crippen LogP contribution in [0.4, 0.5) is 23.7 Å². The number of anilines is 1. The minimum Gasteiger partial charge on any atom is -0.335 e. The second-order valence-electron chi connectivity index (χ2n) is 7.78. The van der Waals surface area contributed by atoms with E-state index in [-0.39, 0.29) is 12.1 Å². The van der Waals surface area contributed by atoms with Crippen LogP contribution in [0.25, 0.3) is 22.4 Å². The fourth-order valence-corrected chi connectivity index (χ4v) is 4.18. The number of carbonyl (C=O) groups is 1. The smallest absolute Gasteiger partial charge is 0.335 e. The Kier molecular flexibility index (Phi) is 4.92. The van der Waals surface area contributed by atoms with Gasteiger partial charge in [-0.2, -0.15) is 18.3 Å². The van der Waals surface area contributed by atoms with Crippen molar-refractivity contribution in [1.82, 2.24) is 24.6 Å². The van der Waals surface area contributed by atoms with Crippen molar-refractivity contribution in [2.24, 2.45) is 7.05 Å². The number of halogens is 3. The normalized spacial score (nSPS) is 14.6. The van der Waals surface area contributed by atoms with Gasteiger partial charge in [-0.15, -0.1) is 0 Å². The fourth-order valence-electron chi connectivity index (χ4n) is 4.18. The van der Waals surface area contributed by atoms with Crippen LogP contribution in [0.15, 0.2) is 67.4 Å². The zero-order chi connectivity index (χ0) is 23.2. The van der Waals surface area contributed by atoms with Gasteiger partial charge in [-0.1, -0.05) is 24.3 Å². The number of fused-ring (bicyclic) bond motifs is 3. The van der Waals surface area contributed by atoms with Crippen molar-refractivity contribution in [2.45, 2.75) is 12.2 Å². The maximum atomic E-state index is 13.7. The SMILES string of the molecule is Cn1cc(-c2ccc(NC(=O)NCC3c4c(cccc4C(F)(F)F)-c4cncn43)cc2)cn1. The van der Waals surface area contributed by atoms with Gasteiger partial charge in [0, 0.05) is 36.6 Å². The van der Waals surface area contributed by atoms with Crippen LogP contribution >= 0.6 is 0 Å². The van der Waals surface area contributed by atoms with E-state index < -0.39 is 23.8 Å². The van der Waals surface area contributed by atoms with Crippen LogP contribution in [0, 0.1) is 0 Å². The standard InChI is InChI=1S/C23H19F3N6O/c1-31-12-15(9-29-31)14-5-7-16(8-6-14)30-22(33)28-11-20-21-17(19-10-27-13-32(19)20)3-2-4-18(21)23(24,25)26/h2-10,12-13,20H,11H2,1H3,(H2,28,30,33). The lowest BCUT2D eigenvalue weighted by atomic mass is 9.96. The summed E-state index contributed by atoms with van der Waals surface area (Å²) in [7, 11) is 1.83. The number of hydrogen-bond donors (Lipinski definition) is 2. The van der Waals surface area contributed by atoms with Gasteiger partial charge in [0.2, 0.25) is 0 Å². The van der Waals surface area contributed by atoms with E-state index in [4.69, 9.17) is 0 Å². The van der Waals surface area contributed by atoms with Gasteiger partial charge in [0.05, 0.1) is 36.0 Å². The first kappa shape index (κ1) is 20.8. The number of hydrogen-bond acceptors (Lipinski definition) is 3. The molecule has 5 rings (SSSR count). The molecule has 7 nitrogen and oxygen atoms in total. The fraction of sp³-hybridized carbons (Fsp3) is 0.174. The van der Waals surface area contributed by atoms with Crippen LogP contribution in [0.2, 0.25) is 0 Å². The molecule has 3 heterocycles. The van der Waals surface area contributed by atoms with Gasteiger partial charge in [-0.25, -0.2) is 9.78 Å². The lowest BCUT2D eigenvalue weighted by molar-refractivity contribution is -0.138. The molecular weight excluding hydrogens is 433 g/mol. The molecule has 0 saturated heterocycles. The number of nitrogens with one attached hydrogen (secondary N) is 2. The summed E-state index contributed by atoms with van der Waals surface area (Å²) in [5, 5.41) is 9.55. The van der Waals surface area contributed by atoms with Crippen LogP contribution in [-0.4, -0.2) is 31.9 Å². The largest absolute Gasteiger partial charge is 0.416 e. The summed E-state index contributed by atoms with van der Waals surface area (Å²) in [6.07, 6.45) is 2.14. The summed E-state index contributed by atoms with van der Waals surface area (Å²) in [6, 6.07) is 10.1. The van der Waals surface area contributed by atoms with Gasteiger partial charge in [0.15, 0.2) is 0 Å². The number of aromatic nitrogens is 4. The summed E-state index contributed by atoms with van der Waals surface area (Å²) in [5.74, 6) is 0. The molecule has 1 atom stereocenters. The third-order valence-electron chi connectivity index (χ3n) is 5.66. The number of carbonyl (C=O) groups excluding carboxylic acids is 1. The average Bonchev–Trinajstić information content (AvgIpc) is 3.48. The van der Waals surface area contributed by atoms with Gasteiger partial charge in [0.25, 0.3) is 0 Å². The number of urea groups is 1. The quantitative estimate of drug-likeness (QED) is 0.472. The molecule has 33 heavy (non-hydrogen) atoms. The predicted octanol–water partition coefficient (Wildman–Crippen LogP) is 4.69. The lowest BCUT2D eigenvalue weighted by Gasteiger charge is -2.20. The highest BCUT2D eigenvalue weighted by Crippen LogP contribution is 2.45. The van der Waals surface area contributed by atoms with Gasteiger partial charge < -0.3 is 15.2 Å². The van der Waals surface area contributed by atoms with Crippen molar-refractivity contribution >= 4 is 11.7 Å². The molecule has 2 amide bonds. The van der Waals surface area contributed by atoms with E-state index in [0.717, 1.165) is 17.2 Å². The number of benzene rings is 2. The van der Waals surface area contributed by atoms with Crippen LogP contribution in [0.5, 0.6) is 0 Å².